The molecule has 0 fully saturated rings. The fourth-order valence-corrected chi connectivity index (χ4v) is 1.94. The van der Waals surface area contributed by atoms with Crippen molar-refractivity contribution in [2.75, 3.05) is 5.73 Å². The van der Waals surface area contributed by atoms with Gasteiger partial charge >= 0.3 is 0 Å². The van der Waals surface area contributed by atoms with E-state index >= 15 is 0 Å². The fourth-order valence-electron chi connectivity index (χ4n) is 1.94. The molecule has 1 unspecified atom stereocenters. The molecular formula is C15H18N2. The van der Waals surface area contributed by atoms with Crippen molar-refractivity contribution in [3.63, 3.8) is 0 Å². The van der Waals surface area contributed by atoms with Crippen LogP contribution in [0.1, 0.15) is 23.6 Å². The molecule has 2 nitrogen and oxygen atoms in total. The van der Waals surface area contributed by atoms with E-state index in [1.54, 1.807) is 0 Å². The van der Waals surface area contributed by atoms with E-state index in [2.05, 4.69) is 18.2 Å². The minimum Gasteiger partial charge on any atom is -0.399 e. The molecule has 0 saturated heterocycles. The molecule has 2 aromatic rings. The third-order valence-electron chi connectivity index (χ3n) is 2.92. The number of hydrogen-bond donors (Lipinski definition) is 2. The van der Waals surface area contributed by atoms with Crippen molar-refractivity contribution in [2.45, 2.75) is 18.9 Å². The molecule has 0 heterocycles. The van der Waals surface area contributed by atoms with Gasteiger partial charge in [-0.05, 0) is 36.1 Å². The maximum atomic E-state index is 6.15. The van der Waals surface area contributed by atoms with Gasteiger partial charge in [-0.1, -0.05) is 42.5 Å². The van der Waals surface area contributed by atoms with Crippen LogP contribution in [0.4, 0.5) is 5.69 Å². The fraction of sp³-hybridized carbons (Fsp3) is 0.200. The van der Waals surface area contributed by atoms with Crippen molar-refractivity contribution in [1.29, 1.82) is 0 Å². The lowest BCUT2D eigenvalue weighted by Crippen LogP contribution is -2.11. The van der Waals surface area contributed by atoms with Gasteiger partial charge in [-0.3, -0.25) is 0 Å². The molecule has 0 aliphatic carbocycles. The average molecular weight is 226 g/mol. The Bertz CT molecular complexity index is 465. The number of benzene rings is 2. The highest BCUT2D eigenvalue weighted by atomic mass is 14.6. The average Bonchev–Trinajstić information content (AvgIpc) is 2.37. The van der Waals surface area contributed by atoms with Crippen molar-refractivity contribution in [1.82, 2.24) is 0 Å². The van der Waals surface area contributed by atoms with Gasteiger partial charge in [-0.25, -0.2) is 0 Å². The van der Waals surface area contributed by atoms with E-state index in [0.717, 1.165) is 18.5 Å². The second kappa shape index (κ2) is 5.51. The van der Waals surface area contributed by atoms with Crippen LogP contribution in [0.2, 0.25) is 0 Å². The summed E-state index contributed by atoms with van der Waals surface area (Å²) in [5.41, 5.74) is 15.1. The summed E-state index contributed by atoms with van der Waals surface area (Å²) in [6, 6.07) is 18.3. The summed E-state index contributed by atoms with van der Waals surface area (Å²) in [6.45, 7) is 0. The van der Waals surface area contributed by atoms with Gasteiger partial charge in [-0.15, -0.1) is 0 Å². The number of nitrogen functional groups attached to an aromatic ring is 1. The first-order chi connectivity index (χ1) is 8.25. The number of aryl methyl sites for hydroxylation is 1. The highest BCUT2D eigenvalue weighted by molar-refractivity contribution is 5.40. The van der Waals surface area contributed by atoms with Gasteiger partial charge in [0.15, 0.2) is 0 Å². The molecule has 2 heteroatoms. The zero-order valence-electron chi connectivity index (χ0n) is 9.84. The molecule has 0 aromatic heterocycles. The molecule has 17 heavy (non-hydrogen) atoms. The Morgan fingerprint density at radius 3 is 2.41 bits per heavy atom. The Labute approximate surface area is 102 Å². The molecule has 0 aliphatic heterocycles. The van der Waals surface area contributed by atoms with Crippen LogP contribution in [0.25, 0.3) is 0 Å². The second-order valence-electron chi connectivity index (χ2n) is 4.30. The molecule has 0 aliphatic rings. The Hall–Kier alpha value is -1.80. The SMILES string of the molecule is Nc1cccc(CCC(N)c2ccccc2)c1. The van der Waals surface area contributed by atoms with Crippen LogP contribution in [0.5, 0.6) is 0 Å². The molecule has 2 rings (SSSR count). The molecule has 4 N–H and O–H groups in total. The molecule has 0 amide bonds. The summed E-state index contributed by atoms with van der Waals surface area (Å²) in [5.74, 6) is 0. The van der Waals surface area contributed by atoms with E-state index in [1.807, 2.05) is 36.4 Å². The minimum absolute atomic E-state index is 0.0950. The topological polar surface area (TPSA) is 52.0 Å². The molecule has 0 saturated carbocycles. The maximum Gasteiger partial charge on any atom is 0.0316 e. The minimum atomic E-state index is 0.0950. The highest BCUT2D eigenvalue weighted by Crippen LogP contribution is 2.17. The van der Waals surface area contributed by atoms with Crippen LogP contribution >= 0.6 is 0 Å². The van der Waals surface area contributed by atoms with Crippen molar-refractivity contribution < 1.29 is 0 Å². The molecule has 88 valence electrons. The third kappa shape index (κ3) is 3.33. The van der Waals surface area contributed by atoms with Crippen LogP contribution < -0.4 is 11.5 Å². The van der Waals surface area contributed by atoms with E-state index in [0.29, 0.717) is 0 Å². The molecular weight excluding hydrogens is 208 g/mol. The largest absolute Gasteiger partial charge is 0.399 e. The Balaban J connectivity index is 1.95. The Morgan fingerprint density at radius 1 is 0.941 bits per heavy atom. The van der Waals surface area contributed by atoms with E-state index in [1.165, 1.54) is 11.1 Å². The zero-order chi connectivity index (χ0) is 12.1. The lowest BCUT2D eigenvalue weighted by Gasteiger charge is -2.11. The van der Waals surface area contributed by atoms with Crippen LogP contribution in [-0.4, -0.2) is 0 Å². The second-order valence-corrected chi connectivity index (χ2v) is 4.30. The monoisotopic (exact) mass is 226 g/mol. The predicted octanol–water partition coefficient (Wildman–Crippen LogP) is 2.90. The summed E-state index contributed by atoms with van der Waals surface area (Å²) < 4.78 is 0. The van der Waals surface area contributed by atoms with Crippen LogP contribution in [0, 0.1) is 0 Å². The summed E-state index contributed by atoms with van der Waals surface area (Å²) in [4.78, 5) is 0. The van der Waals surface area contributed by atoms with Crippen molar-refractivity contribution in [3.05, 3.63) is 65.7 Å². The van der Waals surface area contributed by atoms with Gasteiger partial charge in [0.1, 0.15) is 0 Å². The number of anilines is 1. The van der Waals surface area contributed by atoms with Crippen molar-refractivity contribution in [3.8, 4) is 0 Å². The normalized spacial score (nSPS) is 12.3. The van der Waals surface area contributed by atoms with E-state index in [-0.39, 0.29) is 6.04 Å². The molecule has 0 bridgehead atoms. The molecule has 2 aromatic carbocycles. The quantitative estimate of drug-likeness (QED) is 0.788. The summed E-state index contributed by atoms with van der Waals surface area (Å²) in [5, 5.41) is 0. The Kier molecular flexibility index (Phi) is 3.78. The Morgan fingerprint density at radius 2 is 1.71 bits per heavy atom. The number of nitrogens with two attached hydrogens (primary N) is 2. The van der Waals surface area contributed by atoms with Crippen LogP contribution in [-0.2, 0) is 6.42 Å². The third-order valence-corrected chi connectivity index (χ3v) is 2.92. The van der Waals surface area contributed by atoms with Crippen LogP contribution in [0.15, 0.2) is 54.6 Å². The van der Waals surface area contributed by atoms with Crippen molar-refractivity contribution >= 4 is 5.69 Å². The van der Waals surface area contributed by atoms with Crippen molar-refractivity contribution in [2.24, 2.45) is 5.73 Å². The predicted molar refractivity (Wildman–Crippen MR) is 72.5 cm³/mol. The zero-order valence-corrected chi connectivity index (χ0v) is 9.84. The maximum absolute atomic E-state index is 6.15. The van der Waals surface area contributed by atoms with Gasteiger partial charge in [0.25, 0.3) is 0 Å². The highest BCUT2D eigenvalue weighted by Gasteiger charge is 2.05. The van der Waals surface area contributed by atoms with Crippen LogP contribution in [0.3, 0.4) is 0 Å². The van der Waals surface area contributed by atoms with Gasteiger partial charge in [0.2, 0.25) is 0 Å². The standard InChI is InChI=1S/C15H18N2/c16-14-8-4-5-12(11-14)9-10-15(17)13-6-2-1-3-7-13/h1-8,11,15H,9-10,16-17H2. The summed E-state index contributed by atoms with van der Waals surface area (Å²) in [7, 11) is 0. The van der Waals surface area contributed by atoms with E-state index in [4.69, 9.17) is 11.5 Å². The molecule has 0 spiro atoms. The van der Waals surface area contributed by atoms with Gasteiger partial charge in [0, 0.05) is 11.7 Å². The van der Waals surface area contributed by atoms with Gasteiger partial charge in [0.05, 0.1) is 0 Å². The van der Waals surface area contributed by atoms with Gasteiger partial charge in [-0.2, -0.15) is 0 Å². The number of hydrogen-bond acceptors (Lipinski definition) is 2. The first kappa shape index (κ1) is 11.7. The first-order valence-corrected chi connectivity index (χ1v) is 5.90. The first-order valence-electron chi connectivity index (χ1n) is 5.90. The molecule has 1 atom stereocenters. The lowest BCUT2D eigenvalue weighted by molar-refractivity contribution is 0.651. The molecule has 0 radical (unpaired) electrons. The van der Waals surface area contributed by atoms with E-state index in [9.17, 15) is 0 Å². The summed E-state index contributed by atoms with van der Waals surface area (Å²) >= 11 is 0. The number of rotatable bonds is 4. The van der Waals surface area contributed by atoms with E-state index < -0.39 is 0 Å². The lowest BCUT2D eigenvalue weighted by atomic mass is 10.00. The van der Waals surface area contributed by atoms with Gasteiger partial charge < -0.3 is 11.5 Å². The summed E-state index contributed by atoms with van der Waals surface area (Å²) in [6.07, 6.45) is 1.90. The smallest absolute Gasteiger partial charge is 0.0316 e.